The molecule has 0 aliphatic carbocycles. The molecule has 0 spiro atoms. The van der Waals surface area contributed by atoms with E-state index in [9.17, 15) is 9.59 Å². The Kier molecular flexibility index (Phi) is 26.3. The van der Waals surface area contributed by atoms with E-state index in [-0.39, 0.29) is 7.43 Å². The smallest absolute Gasteiger partial charge is 0.120 e. The lowest BCUT2D eigenvalue weighted by Gasteiger charge is -2.11. The first-order chi connectivity index (χ1) is 8.18. The standard InChI is InChI=1S/C6H10O.C4H10N2.C3H6O.CH4/c1-6(2)4-3-5-7;1-2-6-4-3-5-1;1-2-3-4;/h5H,1,3-4H2,2H3;5-6H,1-4H2;3H,2H2,1H3;1H4. The van der Waals surface area contributed by atoms with E-state index in [1.54, 1.807) is 0 Å². The summed E-state index contributed by atoms with van der Waals surface area (Å²) in [4.78, 5) is 18.8. The van der Waals surface area contributed by atoms with Crippen LogP contribution < -0.4 is 10.6 Å². The monoisotopic (exact) mass is 258 g/mol. The van der Waals surface area contributed by atoms with Gasteiger partial charge in [-0.2, -0.15) is 0 Å². The van der Waals surface area contributed by atoms with E-state index in [1.807, 2.05) is 13.8 Å². The third-order valence-electron chi connectivity index (χ3n) is 1.81. The van der Waals surface area contributed by atoms with Gasteiger partial charge in [0.25, 0.3) is 0 Å². The molecule has 2 N–H and O–H groups in total. The summed E-state index contributed by atoms with van der Waals surface area (Å²) >= 11 is 0. The summed E-state index contributed by atoms with van der Waals surface area (Å²) in [5, 5.41) is 6.44. The molecule has 0 amide bonds. The van der Waals surface area contributed by atoms with Crippen LogP contribution in [-0.2, 0) is 9.59 Å². The number of piperazine rings is 1. The van der Waals surface area contributed by atoms with Crippen LogP contribution in [0, 0.1) is 0 Å². The van der Waals surface area contributed by atoms with E-state index in [0.29, 0.717) is 12.8 Å². The number of allylic oxidation sites excluding steroid dienone is 1. The molecule has 1 saturated heterocycles. The lowest BCUT2D eigenvalue weighted by molar-refractivity contribution is -0.108. The van der Waals surface area contributed by atoms with Crippen LogP contribution in [0.2, 0.25) is 0 Å². The second-order valence-corrected chi connectivity index (χ2v) is 3.74. The van der Waals surface area contributed by atoms with Crippen molar-refractivity contribution in [1.82, 2.24) is 10.6 Å². The van der Waals surface area contributed by atoms with E-state index < -0.39 is 0 Å². The Morgan fingerprint density at radius 2 is 1.50 bits per heavy atom. The molecule has 0 bridgehead atoms. The molecule has 1 heterocycles. The predicted octanol–water partition coefficient (Wildman–Crippen LogP) is 1.95. The average Bonchev–Trinajstić information content (AvgIpc) is 2.39. The van der Waals surface area contributed by atoms with Gasteiger partial charge in [-0.05, 0) is 13.3 Å². The third kappa shape index (κ3) is 29.4. The number of carbonyl (C=O) groups is 2. The predicted molar refractivity (Wildman–Crippen MR) is 78.9 cm³/mol. The summed E-state index contributed by atoms with van der Waals surface area (Å²) < 4.78 is 0. The second kappa shape index (κ2) is 21.3. The molecule has 0 aromatic carbocycles. The molecule has 0 aromatic rings. The van der Waals surface area contributed by atoms with Gasteiger partial charge in [0.15, 0.2) is 0 Å². The number of rotatable bonds is 4. The lowest BCUT2D eigenvalue weighted by atomic mass is 10.2. The molecular weight excluding hydrogens is 228 g/mol. The van der Waals surface area contributed by atoms with Gasteiger partial charge in [0.05, 0.1) is 0 Å². The van der Waals surface area contributed by atoms with Crippen molar-refractivity contribution in [2.24, 2.45) is 0 Å². The summed E-state index contributed by atoms with van der Waals surface area (Å²) in [6.45, 7) is 11.9. The lowest BCUT2D eigenvalue weighted by Crippen LogP contribution is -2.39. The van der Waals surface area contributed by atoms with E-state index in [4.69, 9.17) is 0 Å². The first-order valence-electron chi connectivity index (χ1n) is 6.12. The van der Waals surface area contributed by atoms with Crippen LogP contribution in [0.25, 0.3) is 0 Å². The highest BCUT2D eigenvalue weighted by molar-refractivity contribution is 5.49. The summed E-state index contributed by atoms with van der Waals surface area (Å²) in [5.41, 5.74) is 1.08. The Balaban J connectivity index is -0.000000189. The van der Waals surface area contributed by atoms with Gasteiger partial charge in [-0.3, -0.25) is 0 Å². The number of aldehydes is 2. The Morgan fingerprint density at radius 1 is 1.11 bits per heavy atom. The molecule has 0 unspecified atom stereocenters. The highest BCUT2D eigenvalue weighted by Crippen LogP contribution is 1.95. The Hall–Kier alpha value is -1.00. The topological polar surface area (TPSA) is 58.2 Å². The fourth-order valence-electron chi connectivity index (χ4n) is 0.909. The molecule has 4 nitrogen and oxygen atoms in total. The van der Waals surface area contributed by atoms with Crippen molar-refractivity contribution in [3.05, 3.63) is 12.2 Å². The van der Waals surface area contributed by atoms with Crippen LogP contribution in [0.5, 0.6) is 0 Å². The van der Waals surface area contributed by atoms with Gasteiger partial charge in [0.1, 0.15) is 12.6 Å². The molecule has 0 aromatic heterocycles. The SMILES string of the molecule is C.C1CNCCN1.C=C(C)CCC=O.CCC=O. The van der Waals surface area contributed by atoms with Crippen molar-refractivity contribution in [2.45, 2.75) is 40.5 Å². The number of carbonyl (C=O) groups excluding carboxylic acids is 2. The summed E-state index contributed by atoms with van der Waals surface area (Å²) in [5.74, 6) is 0. The van der Waals surface area contributed by atoms with Crippen LogP contribution in [0.3, 0.4) is 0 Å². The molecule has 108 valence electrons. The zero-order valence-corrected chi connectivity index (χ0v) is 11.1. The summed E-state index contributed by atoms with van der Waals surface area (Å²) in [6, 6.07) is 0. The van der Waals surface area contributed by atoms with Gasteiger partial charge in [-0.1, -0.05) is 19.9 Å². The zero-order valence-electron chi connectivity index (χ0n) is 11.1. The number of hydrogen-bond donors (Lipinski definition) is 2. The maximum atomic E-state index is 9.67. The van der Waals surface area contributed by atoms with Crippen LogP contribution in [0.4, 0.5) is 0 Å². The zero-order chi connectivity index (χ0) is 13.4. The van der Waals surface area contributed by atoms with Gasteiger partial charge in [0, 0.05) is 39.0 Å². The Morgan fingerprint density at radius 3 is 1.61 bits per heavy atom. The molecular formula is C14H30N2O2. The van der Waals surface area contributed by atoms with Crippen LogP contribution in [0.1, 0.15) is 40.5 Å². The normalized spacial score (nSPS) is 12.6. The quantitative estimate of drug-likeness (QED) is 0.598. The third-order valence-corrected chi connectivity index (χ3v) is 1.81. The van der Waals surface area contributed by atoms with Crippen molar-refractivity contribution < 1.29 is 9.59 Å². The fourth-order valence-corrected chi connectivity index (χ4v) is 0.909. The van der Waals surface area contributed by atoms with Crippen molar-refractivity contribution in [3.8, 4) is 0 Å². The van der Waals surface area contributed by atoms with Gasteiger partial charge >= 0.3 is 0 Å². The van der Waals surface area contributed by atoms with Crippen LogP contribution in [0.15, 0.2) is 12.2 Å². The van der Waals surface area contributed by atoms with Crippen molar-refractivity contribution in [1.29, 1.82) is 0 Å². The van der Waals surface area contributed by atoms with Gasteiger partial charge < -0.3 is 20.2 Å². The highest BCUT2D eigenvalue weighted by Gasteiger charge is 1.91. The first kappa shape index (κ1) is 22.2. The summed E-state index contributed by atoms with van der Waals surface area (Å²) in [7, 11) is 0. The van der Waals surface area contributed by atoms with E-state index in [0.717, 1.165) is 50.7 Å². The molecule has 0 saturated carbocycles. The first-order valence-corrected chi connectivity index (χ1v) is 6.12. The van der Waals surface area contributed by atoms with Crippen LogP contribution in [-0.4, -0.2) is 38.8 Å². The fraction of sp³-hybridized carbons (Fsp3) is 0.714. The molecule has 18 heavy (non-hydrogen) atoms. The number of hydrogen-bond acceptors (Lipinski definition) is 4. The number of nitrogens with one attached hydrogen (secondary N) is 2. The van der Waals surface area contributed by atoms with Crippen LogP contribution >= 0.6 is 0 Å². The molecule has 1 fully saturated rings. The molecule has 1 aliphatic rings. The van der Waals surface area contributed by atoms with Crippen molar-refractivity contribution in [3.63, 3.8) is 0 Å². The Bertz CT molecular complexity index is 179. The van der Waals surface area contributed by atoms with E-state index in [1.165, 1.54) is 0 Å². The summed E-state index contributed by atoms with van der Waals surface area (Å²) in [6.07, 6.45) is 3.88. The molecule has 4 heteroatoms. The molecule has 1 rings (SSSR count). The molecule has 1 aliphatic heterocycles. The second-order valence-electron chi connectivity index (χ2n) is 3.74. The Labute approximate surface area is 112 Å². The largest absolute Gasteiger partial charge is 0.314 e. The van der Waals surface area contributed by atoms with Gasteiger partial charge in [-0.15, -0.1) is 6.58 Å². The molecule has 0 radical (unpaired) electrons. The maximum absolute atomic E-state index is 9.67. The van der Waals surface area contributed by atoms with E-state index in [2.05, 4.69) is 17.2 Å². The van der Waals surface area contributed by atoms with Gasteiger partial charge in [0.2, 0.25) is 0 Å². The van der Waals surface area contributed by atoms with Crippen molar-refractivity contribution >= 4 is 12.6 Å². The average molecular weight is 258 g/mol. The molecule has 0 atom stereocenters. The van der Waals surface area contributed by atoms with Gasteiger partial charge in [-0.25, -0.2) is 0 Å². The van der Waals surface area contributed by atoms with Crippen molar-refractivity contribution in [2.75, 3.05) is 26.2 Å². The van der Waals surface area contributed by atoms with E-state index >= 15 is 0 Å². The minimum atomic E-state index is 0. The highest BCUT2D eigenvalue weighted by atomic mass is 16.1. The maximum Gasteiger partial charge on any atom is 0.120 e. The minimum absolute atomic E-state index is 0. The minimum Gasteiger partial charge on any atom is -0.314 e.